The van der Waals surface area contributed by atoms with Gasteiger partial charge in [0.25, 0.3) is 6.71 Å². The fourth-order valence-corrected chi connectivity index (χ4v) is 12.9. The number of hydrogen-bond donors (Lipinski definition) is 0. The number of para-hydroxylation sites is 2. The third-order valence-electron chi connectivity index (χ3n) is 13.9. The van der Waals surface area contributed by atoms with Crippen LogP contribution in [0.1, 0.15) is 31.9 Å². The van der Waals surface area contributed by atoms with Crippen LogP contribution >= 0.6 is 11.3 Å². The van der Waals surface area contributed by atoms with E-state index in [-0.39, 0.29) is 6.71 Å². The zero-order valence-electron chi connectivity index (χ0n) is 36.5. The molecule has 62 heavy (non-hydrogen) atoms. The number of rotatable bonds is 3. The molecule has 1 spiro atoms. The largest absolute Gasteiger partial charge is 0.311 e. The highest BCUT2D eigenvalue weighted by atomic mass is 32.1. The molecular weight excluding hydrogens is 768 g/mol. The van der Waals surface area contributed by atoms with Gasteiger partial charge >= 0.3 is 0 Å². The lowest BCUT2D eigenvalue weighted by Gasteiger charge is -2.43. The third-order valence-corrected chi connectivity index (χ3v) is 15.1. The number of nitrogens with zero attached hydrogens (tertiary/aromatic N) is 2. The molecular formula is C58H37BN2S. The Balaban J connectivity index is 1.11. The molecule has 3 heterocycles. The summed E-state index contributed by atoms with van der Waals surface area (Å²) in [5.41, 5.74) is 20.6. The van der Waals surface area contributed by atoms with E-state index >= 15 is 0 Å². The summed E-state index contributed by atoms with van der Waals surface area (Å²) in [6.07, 6.45) is 0. The molecule has 2 aliphatic carbocycles. The summed E-state index contributed by atoms with van der Waals surface area (Å²) in [7, 11) is 0. The number of hydrogen-bond acceptors (Lipinski definition) is 3. The minimum absolute atomic E-state index is 0.165. The molecule has 0 fully saturated rings. The van der Waals surface area contributed by atoms with Crippen molar-refractivity contribution in [3.63, 3.8) is 0 Å². The standard InChI is InChI=1S/C58H37BN2S/c1-36-31-52-55-53(32-36)61(40-21-9-4-10-22-40)56-45-34-44-43-25-13-16-28-48(43)58(46-26-14-11-23-41(46)42-24-12-15-27-47(42)58)49(44)35-54(45)62-57(56)59(55)50-30-29-38(37-17-5-2-6-18-37)33-51(50)60(52)39-19-7-3-8-20-39/h2-35H,1H3/i1D3. The van der Waals surface area contributed by atoms with Crippen LogP contribution in [-0.4, -0.2) is 6.71 Å². The van der Waals surface area contributed by atoms with E-state index in [1.807, 2.05) is 29.5 Å². The second-order valence-electron chi connectivity index (χ2n) is 16.9. The van der Waals surface area contributed by atoms with Crippen LogP contribution in [0.2, 0.25) is 0 Å². The van der Waals surface area contributed by atoms with E-state index < -0.39 is 12.3 Å². The lowest BCUT2D eigenvalue weighted by atomic mass is 9.36. The Bertz CT molecular complexity index is 3580. The Hall–Kier alpha value is -7.40. The zero-order chi connectivity index (χ0) is 43.2. The first kappa shape index (κ1) is 31.5. The minimum atomic E-state index is -2.36. The van der Waals surface area contributed by atoms with Crippen LogP contribution in [0.15, 0.2) is 206 Å². The van der Waals surface area contributed by atoms with Crippen LogP contribution in [0.5, 0.6) is 0 Å². The minimum Gasteiger partial charge on any atom is -0.311 e. The molecule has 0 N–H and O–H groups in total. The molecule has 0 atom stereocenters. The van der Waals surface area contributed by atoms with Gasteiger partial charge in [0.1, 0.15) is 0 Å². The van der Waals surface area contributed by atoms with E-state index in [0.717, 1.165) is 50.7 Å². The maximum absolute atomic E-state index is 8.94. The number of anilines is 6. The second kappa shape index (κ2) is 12.6. The summed E-state index contributed by atoms with van der Waals surface area (Å²) < 4.78 is 29.3. The van der Waals surface area contributed by atoms with E-state index in [0.29, 0.717) is 5.56 Å². The normalized spacial score (nSPS) is 15.2. The summed E-state index contributed by atoms with van der Waals surface area (Å²) >= 11 is 1.89. The van der Waals surface area contributed by atoms with Gasteiger partial charge in [-0.15, -0.1) is 11.3 Å². The molecule has 9 aromatic carbocycles. The van der Waals surface area contributed by atoms with E-state index in [1.165, 1.54) is 64.8 Å². The van der Waals surface area contributed by atoms with Crippen molar-refractivity contribution in [2.75, 3.05) is 9.80 Å². The Kier molecular flexibility index (Phi) is 6.38. The van der Waals surface area contributed by atoms with Gasteiger partial charge in [0.15, 0.2) is 0 Å². The summed E-state index contributed by atoms with van der Waals surface area (Å²) in [5.74, 6) is 0. The first-order valence-corrected chi connectivity index (χ1v) is 22.2. The van der Waals surface area contributed by atoms with Crippen LogP contribution in [0.25, 0.3) is 43.5 Å². The van der Waals surface area contributed by atoms with Crippen molar-refractivity contribution < 1.29 is 4.11 Å². The monoisotopic (exact) mass is 807 g/mol. The third kappa shape index (κ3) is 4.39. The number of benzene rings is 9. The van der Waals surface area contributed by atoms with Crippen molar-refractivity contribution in [2.45, 2.75) is 12.3 Å². The van der Waals surface area contributed by atoms with E-state index in [1.54, 1.807) is 0 Å². The SMILES string of the molecule is [2H]C([2H])([2H])c1cc2c3c(c1)N(c1ccccc1)c1c(sc4cc5c(cc14)-c1ccccc1C51c4ccccc4-c4ccccc41)B3c1ccc(-c3ccccc3)cc1N2c1ccccc1. The summed E-state index contributed by atoms with van der Waals surface area (Å²) in [6.45, 7) is -2.52. The fraction of sp³-hybridized carbons (Fsp3) is 0.0345. The Morgan fingerprint density at radius 3 is 1.65 bits per heavy atom. The molecule has 288 valence electrons. The van der Waals surface area contributed by atoms with Gasteiger partial charge < -0.3 is 9.80 Å². The maximum atomic E-state index is 8.94. The summed E-state index contributed by atoms with van der Waals surface area (Å²) in [4.78, 5) is 4.67. The quantitative estimate of drug-likeness (QED) is 0.164. The van der Waals surface area contributed by atoms with Crippen LogP contribution < -0.4 is 25.5 Å². The molecule has 2 aliphatic heterocycles. The Morgan fingerprint density at radius 2 is 1.02 bits per heavy atom. The van der Waals surface area contributed by atoms with Crippen molar-refractivity contribution in [1.29, 1.82) is 0 Å². The number of aryl methyl sites for hydroxylation is 1. The second-order valence-corrected chi connectivity index (χ2v) is 18.0. The van der Waals surface area contributed by atoms with E-state index in [2.05, 4.69) is 198 Å². The van der Waals surface area contributed by atoms with Gasteiger partial charge in [0, 0.05) is 47.4 Å². The van der Waals surface area contributed by atoms with Crippen molar-refractivity contribution in [3.8, 4) is 33.4 Å². The highest BCUT2D eigenvalue weighted by Crippen LogP contribution is 2.64. The van der Waals surface area contributed by atoms with Gasteiger partial charge in [-0.25, -0.2) is 0 Å². The number of thiophene rings is 1. The van der Waals surface area contributed by atoms with Gasteiger partial charge in [0.2, 0.25) is 0 Å². The Morgan fingerprint density at radius 1 is 0.468 bits per heavy atom. The fourth-order valence-electron chi connectivity index (χ4n) is 11.6. The molecule has 14 rings (SSSR count). The molecule has 4 aliphatic rings. The van der Waals surface area contributed by atoms with Gasteiger partial charge in [-0.05, 0) is 134 Å². The van der Waals surface area contributed by atoms with Crippen molar-refractivity contribution in [2.24, 2.45) is 0 Å². The zero-order valence-corrected chi connectivity index (χ0v) is 34.3. The molecule has 1 aromatic heterocycles. The predicted octanol–water partition coefficient (Wildman–Crippen LogP) is 13.3. The molecule has 0 unspecified atom stereocenters. The molecule has 0 saturated heterocycles. The summed E-state index contributed by atoms with van der Waals surface area (Å²) in [6, 6.07) is 74.2. The highest BCUT2D eigenvalue weighted by Gasteiger charge is 2.52. The van der Waals surface area contributed by atoms with Crippen molar-refractivity contribution in [1.82, 2.24) is 0 Å². The van der Waals surface area contributed by atoms with Crippen LogP contribution in [0, 0.1) is 6.85 Å². The van der Waals surface area contributed by atoms with Gasteiger partial charge in [-0.1, -0.05) is 152 Å². The van der Waals surface area contributed by atoms with Crippen molar-refractivity contribution in [3.05, 3.63) is 234 Å². The lowest BCUT2D eigenvalue weighted by molar-refractivity contribution is 0.795. The van der Waals surface area contributed by atoms with Crippen LogP contribution in [-0.2, 0) is 5.41 Å². The smallest absolute Gasteiger partial charge is 0.264 e. The lowest BCUT2D eigenvalue weighted by Crippen LogP contribution is -2.60. The molecule has 0 bridgehead atoms. The van der Waals surface area contributed by atoms with Crippen molar-refractivity contribution >= 4 is 78.0 Å². The molecule has 0 radical (unpaired) electrons. The van der Waals surface area contributed by atoms with E-state index in [9.17, 15) is 0 Å². The van der Waals surface area contributed by atoms with Gasteiger partial charge in [0.05, 0.1) is 11.1 Å². The molecule has 10 aromatic rings. The highest BCUT2D eigenvalue weighted by molar-refractivity contribution is 7.33. The van der Waals surface area contributed by atoms with Gasteiger partial charge in [-0.2, -0.15) is 0 Å². The summed E-state index contributed by atoms with van der Waals surface area (Å²) in [5, 5.41) is 1.17. The molecule has 0 amide bonds. The van der Waals surface area contributed by atoms with E-state index in [4.69, 9.17) is 4.11 Å². The molecule has 4 heteroatoms. The maximum Gasteiger partial charge on any atom is 0.264 e. The van der Waals surface area contributed by atoms with Crippen LogP contribution in [0.4, 0.5) is 34.1 Å². The average Bonchev–Trinajstić information content (AvgIpc) is 3.97. The number of fused-ring (bicyclic) bond motifs is 16. The first-order chi connectivity index (χ1) is 31.9. The molecule has 0 saturated carbocycles. The van der Waals surface area contributed by atoms with Crippen LogP contribution in [0.3, 0.4) is 0 Å². The van der Waals surface area contributed by atoms with Gasteiger partial charge in [-0.3, -0.25) is 0 Å². The predicted molar refractivity (Wildman–Crippen MR) is 262 cm³/mol. The average molecular weight is 808 g/mol. The molecule has 2 nitrogen and oxygen atoms in total. The first-order valence-electron chi connectivity index (χ1n) is 22.9. The Labute approximate surface area is 369 Å². The topological polar surface area (TPSA) is 6.48 Å².